The van der Waals surface area contributed by atoms with Gasteiger partial charge in [-0.1, -0.05) is 24.3 Å². The number of pyridine rings is 1. The van der Waals surface area contributed by atoms with Crippen molar-refractivity contribution >= 4 is 17.2 Å². The van der Waals surface area contributed by atoms with E-state index in [4.69, 9.17) is 0 Å². The van der Waals surface area contributed by atoms with E-state index in [1.807, 2.05) is 60.8 Å². The fourth-order valence-electron chi connectivity index (χ4n) is 2.70. The van der Waals surface area contributed by atoms with Crippen molar-refractivity contribution in [1.29, 1.82) is 0 Å². The van der Waals surface area contributed by atoms with Crippen LogP contribution in [0.1, 0.15) is 17.0 Å². The lowest BCUT2D eigenvalue weighted by atomic mass is 10.1. The maximum Gasteiger partial charge on any atom is 0.239 e. The maximum absolute atomic E-state index is 12.0. The second-order valence-corrected chi connectivity index (χ2v) is 5.77. The monoisotopic (exact) mass is 323 g/mol. The minimum atomic E-state index is -0.0357. The van der Waals surface area contributed by atoms with E-state index in [0.717, 1.165) is 28.3 Å². The molecule has 0 bridgehead atoms. The lowest BCUT2D eigenvalue weighted by Crippen LogP contribution is -2.32. The average Bonchev–Trinajstić information content (AvgIpc) is 2.98. The number of nitrogens with zero attached hydrogens (tertiary/aromatic N) is 3. The van der Waals surface area contributed by atoms with Gasteiger partial charge in [-0.3, -0.25) is 9.20 Å². The summed E-state index contributed by atoms with van der Waals surface area (Å²) in [6.45, 7) is 4.85. The van der Waals surface area contributed by atoms with Crippen molar-refractivity contribution in [3.8, 4) is 0 Å². The molecule has 0 aliphatic heterocycles. The maximum atomic E-state index is 12.0. The molecule has 0 radical (unpaired) electrons. The van der Waals surface area contributed by atoms with Gasteiger partial charge < -0.3 is 10.6 Å². The third kappa shape index (κ3) is 3.53. The number of carbonyl (C=O) groups excluding carboxylic acids is 1. The Morgan fingerprint density at radius 3 is 2.67 bits per heavy atom. The highest BCUT2D eigenvalue weighted by atomic mass is 16.1. The number of anilines is 1. The first-order valence-electron chi connectivity index (χ1n) is 8.00. The minimum Gasteiger partial charge on any atom is -0.376 e. The van der Waals surface area contributed by atoms with Crippen LogP contribution in [0.5, 0.6) is 0 Å². The molecule has 124 valence electrons. The Bertz CT molecular complexity index is 835. The van der Waals surface area contributed by atoms with Gasteiger partial charge in [0.1, 0.15) is 5.82 Å². The first-order chi connectivity index (χ1) is 11.6. The molecule has 1 amide bonds. The van der Waals surface area contributed by atoms with Gasteiger partial charge in [-0.2, -0.15) is 0 Å². The number of amides is 1. The number of fused-ring (bicyclic) bond motifs is 1. The Kier molecular flexibility index (Phi) is 4.74. The molecule has 0 atom stereocenters. The predicted molar refractivity (Wildman–Crippen MR) is 94.1 cm³/mol. The normalized spacial score (nSPS) is 10.8. The number of para-hydroxylation sites is 1. The number of rotatable bonds is 6. The molecular formula is C18H21N5O. The van der Waals surface area contributed by atoms with Crippen molar-refractivity contribution in [3.63, 3.8) is 0 Å². The molecular weight excluding hydrogens is 302 g/mol. The number of nitrogens with one attached hydrogen (secondary N) is 2. The van der Waals surface area contributed by atoms with Crippen molar-refractivity contribution in [2.75, 3.05) is 18.4 Å². The molecule has 2 N–H and O–H groups in total. The lowest BCUT2D eigenvalue weighted by molar-refractivity contribution is -0.119. The van der Waals surface area contributed by atoms with Gasteiger partial charge in [0.05, 0.1) is 6.54 Å². The van der Waals surface area contributed by atoms with Crippen molar-refractivity contribution < 1.29 is 4.79 Å². The summed E-state index contributed by atoms with van der Waals surface area (Å²) in [6.07, 6.45) is 2.56. The molecule has 24 heavy (non-hydrogen) atoms. The van der Waals surface area contributed by atoms with Crippen LogP contribution in [0.25, 0.3) is 5.65 Å². The van der Waals surface area contributed by atoms with E-state index in [9.17, 15) is 4.79 Å². The zero-order valence-electron chi connectivity index (χ0n) is 13.9. The molecule has 0 unspecified atom stereocenters. The van der Waals surface area contributed by atoms with Crippen LogP contribution in [0.3, 0.4) is 0 Å². The molecule has 0 fully saturated rings. The van der Waals surface area contributed by atoms with E-state index in [-0.39, 0.29) is 12.5 Å². The van der Waals surface area contributed by atoms with Crippen LogP contribution in [-0.2, 0) is 11.2 Å². The molecule has 0 saturated carbocycles. The second kappa shape index (κ2) is 7.12. The molecule has 1 aromatic carbocycles. The largest absolute Gasteiger partial charge is 0.376 e. The first-order valence-corrected chi connectivity index (χ1v) is 8.00. The quantitative estimate of drug-likeness (QED) is 0.729. The smallest absolute Gasteiger partial charge is 0.239 e. The third-order valence-corrected chi connectivity index (χ3v) is 3.96. The van der Waals surface area contributed by atoms with Crippen LogP contribution in [-0.4, -0.2) is 33.6 Å². The van der Waals surface area contributed by atoms with Gasteiger partial charge in [-0.15, -0.1) is 10.2 Å². The topological polar surface area (TPSA) is 71.3 Å². The van der Waals surface area contributed by atoms with Crippen LogP contribution in [0.4, 0.5) is 5.69 Å². The number of benzene rings is 1. The van der Waals surface area contributed by atoms with E-state index in [0.29, 0.717) is 13.0 Å². The zero-order chi connectivity index (χ0) is 16.9. The third-order valence-electron chi connectivity index (χ3n) is 3.96. The van der Waals surface area contributed by atoms with Crippen LogP contribution >= 0.6 is 0 Å². The first kappa shape index (κ1) is 16.0. The van der Waals surface area contributed by atoms with Crippen LogP contribution < -0.4 is 10.6 Å². The summed E-state index contributed by atoms with van der Waals surface area (Å²) in [5.41, 5.74) is 4.11. The molecule has 3 rings (SSSR count). The van der Waals surface area contributed by atoms with Gasteiger partial charge in [0.25, 0.3) is 0 Å². The number of hydrogen-bond acceptors (Lipinski definition) is 4. The van der Waals surface area contributed by atoms with Crippen LogP contribution in [0, 0.1) is 13.8 Å². The van der Waals surface area contributed by atoms with Crippen molar-refractivity contribution in [3.05, 3.63) is 59.5 Å². The van der Waals surface area contributed by atoms with Crippen LogP contribution in [0.2, 0.25) is 0 Å². The van der Waals surface area contributed by atoms with E-state index in [2.05, 4.69) is 20.8 Å². The van der Waals surface area contributed by atoms with E-state index >= 15 is 0 Å². The highest BCUT2D eigenvalue weighted by Gasteiger charge is 2.07. The second-order valence-electron chi connectivity index (χ2n) is 5.77. The summed E-state index contributed by atoms with van der Waals surface area (Å²) < 4.78 is 1.93. The Hall–Kier alpha value is -2.89. The standard InChI is InChI=1S/C18H21N5O/c1-13-6-5-7-14(2)18(13)20-12-17(24)19-10-9-16-22-21-15-8-3-4-11-23(15)16/h3-8,11,20H,9-10,12H2,1-2H3,(H,19,24). The molecule has 6 nitrogen and oxygen atoms in total. The zero-order valence-corrected chi connectivity index (χ0v) is 13.9. The number of aromatic nitrogens is 3. The fraction of sp³-hybridized carbons (Fsp3) is 0.278. The summed E-state index contributed by atoms with van der Waals surface area (Å²) in [6, 6.07) is 11.8. The van der Waals surface area contributed by atoms with Gasteiger partial charge in [-0.25, -0.2) is 0 Å². The van der Waals surface area contributed by atoms with Crippen molar-refractivity contribution in [2.24, 2.45) is 0 Å². The molecule has 0 saturated heterocycles. The van der Waals surface area contributed by atoms with Gasteiger partial charge in [-0.05, 0) is 37.1 Å². The van der Waals surface area contributed by atoms with Gasteiger partial charge in [0.15, 0.2) is 5.65 Å². The van der Waals surface area contributed by atoms with Gasteiger partial charge in [0, 0.05) is 24.8 Å². The summed E-state index contributed by atoms with van der Waals surface area (Å²) in [5, 5.41) is 14.4. The molecule has 3 aromatic rings. The van der Waals surface area contributed by atoms with Crippen molar-refractivity contribution in [2.45, 2.75) is 20.3 Å². The highest BCUT2D eigenvalue weighted by molar-refractivity contribution is 5.81. The average molecular weight is 323 g/mol. The summed E-state index contributed by atoms with van der Waals surface area (Å²) >= 11 is 0. The molecule has 0 spiro atoms. The lowest BCUT2D eigenvalue weighted by Gasteiger charge is -2.12. The molecule has 0 aliphatic carbocycles. The fourth-order valence-corrected chi connectivity index (χ4v) is 2.70. The van der Waals surface area contributed by atoms with Gasteiger partial charge in [0.2, 0.25) is 5.91 Å². The Morgan fingerprint density at radius 1 is 1.08 bits per heavy atom. The highest BCUT2D eigenvalue weighted by Crippen LogP contribution is 2.18. The van der Waals surface area contributed by atoms with Gasteiger partial charge >= 0.3 is 0 Å². The van der Waals surface area contributed by atoms with E-state index in [1.165, 1.54) is 0 Å². The Morgan fingerprint density at radius 2 is 1.88 bits per heavy atom. The predicted octanol–water partition coefficient (Wildman–Crippen LogP) is 2.12. The molecule has 0 aliphatic rings. The summed E-state index contributed by atoms with van der Waals surface area (Å²) in [7, 11) is 0. The number of hydrogen-bond donors (Lipinski definition) is 2. The Balaban J connectivity index is 1.49. The minimum absolute atomic E-state index is 0.0357. The number of carbonyl (C=O) groups is 1. The van der Waals surface area contributed by atoms with Crippen LogP contribution in [0.15, 0.2) is 42.6 Å². The van der Waals surface area contributed by atoms with E-state index < -0.39 is 0 Å². The molecule has 2 aromatic heterocycles. The van der Waals surface area contributed by atoms with Crippen molar-refractivity contribution in [1.82, 2.24) is 19.9 Å². The summed E-state index contributed by atoms with van der Waals surface area (Å²) in [4.78, 5) is 12.0. The number of aryl methyl sites for hydroxylation is 2. The molecule has 2 heterocycles. The van der Waals surface area contributed by atoms with E-state index in [1.54, 1.807) is 0 Å². The summed E-state index contributed by atoms with van der Waals surface area (Å²) in [5.74, 6) is 0.806. The SMILES string of the molecule is Cc1cccc(C)c1NCC(=O)NCCc1nnc2ccccn12. The Labute approximate surface area is 140 Å². The molecule has 6 heteroatoms.